The lowest BCUT2D eigenvalue weighted by Gasteiger charge is -2.34. The van der Waals surface area contributed by atoms with Crippen molar-refractivity contribution in [2.45, 2.75) is 59.0 Å². The molecule has 0 aliphatic carbocycles. The van der Waals surface area contributed by atoms with Crippen molar-refractivity contribution in [3.63, 3.8) is 0 Å². The number of hydrogen-bond acceptors (Lipinski definition) is 4. The van der Waals surface area contributed by atoms with Gasteiger partial charge in [0.2, 0.25) is 0 Å². The van der Waals surface area contributed by atoms with Crippen LogP contribution in [0, 0.1) is 13.8 Å². The zero-order valence-corrected chi connectivity index (χ0v) is 21.2. The Kier molecular flexibility index (Phi) is 6.96. The highest BCUT2D eigenvalue weighted by Gasteiger charge is 2.32. The molecule has 35 heavy (non-hydrogen) atoms. The Morgan fingerprint density at radius 1 is 1.00 bits per heavy atom. The molecule has 4 rings (SSSR count). The molecule has 1 aromatic heterocycles. The second-order valence-electron chi connectivity index (χ2n) is 10.3. The van der Waals surface area contributed by atoms with Gasteiger partial charge in [0, 0.05) is 24.7 Å². The first kappa shape index (κ1) is 24.5. The quantitative estimate of drug-likeness (QED) is 0.514. The summed E-state index contributed by atoms with van der Waals surface area (Å²) >= 11 is 0. The molecule has 0 radical (unpaired) electrons. The lowest BCUT2D eigenvalue weighted by atomic mass is 9.90. The Balaban J connectivity index is 1.61. The second-order valence-corrected chi connectivity index (χ2v) is 10.3. The van der Waals surface area contributed by atoms with E-state index in [1.54, 1.807) is 11.1 Å². The van der Waals surface area contributed by atoms with Gasteiger partial charge in [0.15, 0.2) is 0 Å². The first-order chi connectivity index (χ1) is 16.6. The van der Waals surface area contributed by atoms with Gasteiger partial charge in [-0.05, 0) is 77.3 Å². The average molecular weight is 475 g/mol. The third-order valence-electron chi connectivity index (χ3n) is 6.14. The van der Waals surface area contributed by atoms with E-state index in [0.717, 1.165) is 41.0 Å². The van der Waals surface area contributed by atoms with Crippen molar-refractivity contribution in [2.24, 2.45) is 0 Å². The highest BCUT2D eigenvalue weighted by Crippen LogP contribution is 2.33. The van der Waals surface area contributed by atoms with E-state index in [1.165, 1.54) is 0 Å². The van der Waals surface area contributed by atoms with Crippen molar-refractivity contribution in [3.05, 3.63) is 77.1 Å². The van der Waals surface area contributed by atoms with Gasteiger partial charge in [-0.15, -0.1) is 0 Å². The number of aryl methyl sites for hydroxylation is 2. The molecule has 1 aliphatic heterocycles. The van der Waals surface area contributed by atoms with E-state index < -0.39 is 5.60 Å². The minimum Gasteiger partial charge on any atom is -0.444 e. The number of anilines is 1. The number of nitrogens with zero attached hydrogens (tertiary/aromatic N) is 3. The zero-order valence-electron chi connectivity index (χ0n) is 21.2. The van der Waals surface area contributed by atoms with E-state index in [0.29, 0.717) is 18.7 Å². The summed E-state index contributed by atoms with van der Waals surface area (Å²) < 4.78 is 7.43. The molecule has 0 atom stereocenters. The van der Waals surface area contributed by atoms with E-state index in [-0.39, 0.29) is 17.9 Å². The van der Waals surface area contributed by atoms with Crippen molar-refractivity contribution >= 4 is 17.7 Å². The minimum absolute atomic E-state index is 0.0791. The lowest BCUT2D eigenvalue weighted by molar-refractivity contribution is 0.0203. The maximum absolute atomic E-state index is 13.4. The molecule has 0 bridgehead atoms. The van der Waals surface area contributed by atoms with Gasteiger partial charge in [-0.3, -0.25) is 4.79 Å². The number of ether oxygens (including phenoxy) is 1. The van der Waals surface area contributed by atoms with Crippen molar-refractivity contribution in [3.8, 4) is 5.69 Å². The van der Waals surface area contributed by atoms with E-state index in [9.17, 15) is 9.59 Å². The monoisotopic (exact) mass is 474 g/mol. The molecule has 0 spiro atoms. The number of aromatic nitrogens is 2. The maximum Gasteiger partial charge on any atom is 0.410 e. The number of amides is 2. The molecular formula is C28H34N4O3. The molecule has 2 aromatic carbocycles. The van der Waals surface area contributed by atoms with Crippen LogP contribution in [-0.2, 0) is 4.74 Å². The summed E-state index contributed by atoms with van der Waals surface area (Å²) in [5.41, 5.74) is 4.83. The van der Waals surface area contributed by atoms with Gasteiger partial charge in [0.05, 0.1) is 23.1 Å². The Morgan fingerprint density at radius 2 is 1.69 bits per heavy atom. The number of piperidine rings is 1. The van der Waals surface area contributed by atoms with Gasteiger partial charge in [-0.1, -0.05) is 29.8 Å². The summed E-state index contributed by atoms with van der Waals surface area (Å²) in [6, 6.07) is 15.8. The highest BCUT2D eigenvalue weighted by atomic mass is 16.6. The number of benzene rings is 2. The summed E-state index contributed by atoms with van der Waals surface area (Å²) in [6.07, 6.45) is 2.81. The van der Waals surface area contributed by atoms with Crippen LogP contribution in [-0.4, -0.2) is 45.4 Å². The lowest BCUT2D eigenvalue weighted by Crippen LogP contribution is -2.41. The molecule has 7 heteroatoms. The van der Waals surface area contributed by atoms with Gasteiger partial charge >= 0.3 is 6.09 Å². The van der Waals surface area contributed by atoms with Crippen LogP contribution in [0.4, 0.5) is 10.5 Å². The SMILES string of the molecule is Cc1ccc(NC(=O)c2cnn(-c3cccc(C)c3)c2C2CCN(C(=O)OC(C)(C)C)CC2)cc1. The average Bonchev–Trinajstić information content (AvgIpc) is 3.25. The normalized spacial score (nSPS) is 14.6. The van der Waals surface area contributed by atoms with Crippen LogP contribution < -0.4 is 5.32 Å². The molecule has 1 N–H and O–H groups in total. The van der Waals surface area contributed by atoms with E-state index in [1.807, 2.05) is 81.8 Å². The molecule has 3 aromatic rings. The van der Waals surface area contributed by atoms with Gasteiger partial charge in [-0.25, -0.2) is 9.48 Å². The van der Waals surface area contributed by atoms with Crippen LogP contribution in [0.3, 0.4) is 0 Å². The summed E-state index contributed by atoms with van der Waals surface area (Å²) in [4.78, 5) is 27.7. The van der Waals surface area contributed by atoms with Crippen LogP contribution in [0.15, 0.2) is 54.7 Å². The minimum atomic E-state index is -0.529. The number of carbonyl (C=O) groups excluding carboxylic acids is 2. The maximum atomic E-state index is 13.4. The summed E-state index contributed by atoms with van der Waals surface area (Å²) in [5.74, 6) is -0.104. The summed E-state index contributed by atoms with van der Waals surface area (Å²) in [6.45, 7) is 10.8. The Hall–Kier alpha value is -3.61. The number of carbonyl (C=O) groups is 2. The fraction of sp³-hybridized carbons (Fsp3) is 0.393. The van der Waals surface area contributed by atoms with Gasteiger partial charge in [0.1, 0.15) is 5.60 Å². The predicted molar refractivity (Wildman–Crippen MR) is 137 cm³/mol. The fourth-order valence-corrected chi connectivity index (χ4v) is 4.39. The molecule has 1 aliphatic rings. The second kappa shape index (κ2) is 9.94. The molecule has 1 fully saturated rings. The van der Waals surface area contributed by atoms with Crippen LogP contribution in [0.25, 0.3) is 5.69 Å². The third kappa shape index (κ3) is 5.91. The van der Waals surface area contributed by atoms with Crippen molar-refractivity contribution < 1.29 is 14.3 Å². The molecule has 2 amide bonds. The molecule has 1 saturated heterocycles. The molecule has 0 unspecified atom stereocenters. The Labute approximate surface area is 207 Å². The molecular weight excluding hydrogens is 440 g/mol. The fourth-order valence-electron chi connectivity index (χ4n) is 4.39. The van der Waals surface area contributed by atoms with Crippen LogP contribution in [0.5, 0.6) is 0 Å². The standard InChI is InChI=1S/C28H34N4O3/c1-19-9-11-22(12-10-19)30-26(33)24-18-29-32(23-8-6-7-20(2)17-23)25(24)21-13-15-31(16-14-21)27(34)35-28(3,4)5/h6-12,17-18,21H,13-16H2,1-5H3,(H,30,33). The third-order valence-corrected chi connectivity index (χ3v) is 6.14. The predicted octanol–water partition coefficient (Wildman–Crippen LogP) is 5.86. The van der Waals surface area contributed by atoms with Crippen molar-refractivity contribution in [2.75, 3.05) is 18.4 Å². The zero-order chi connectivity index (χ0) is 25.2. The smallest absolute Gasteiger partial charge is 0.410 e. The van der Waals surface area contributed by atoms with Crippen molar-refractivity contribution in [1.29, 1.82) is 0 Å². The van der Waals surface area contributed by atoms with Gasteiger partial charge in [0.25, 0.3) is 5.91 Å². The van der Waals surface area contributed by atoms with E-state index in [4.69, 9.17) is 4.74 Å². The largest absolute Gasteiger partial charge is 0.444 e. The number of rotatable bonds is 4. The van der Waals surface area contributed by atoms with Gasteiger partial charge < -0.3 is 15.0 Å². The van der Waals surface area contributed by atoms with E-state index in [2.05, 4.69) is 16.5 Å². The van der Waals surface area contributed by atoms with Crippen molar-refractivity contribution in [1.82, 2.24) is 14.7 Å². The highest BCUT2D eigenvalue weighted by molar-refractivity contribution is 6.05. The summed E-state index contributed by atoms with van der Waals surface area (Å²) in [5, 5.41) is 7.65. The summed E-state index contributed by atoms with van der Waals surface area (Å²) in [7, 11) is 0. The van der Waals surface area contributed by atoms with Crippen LogP contribution >= 0.6 is 0 Å². The number of hydrogen-bond donors (Lipinski definition) is 1. The van der Waals surface area contributed by atoms with Gasteiger partial charge in [-0.2, -0.15) is 5.10 Å². The first-order valence-electron chi connectivity index (χ1n) is 12.1. The first-order valence-corrected chi connectivity index (χ1v) is 12.1. The van der Waals surface area contributed by atoms with Crippen LogP contribution in [0.2, 0.25) is 0 Å². The Morgan fingerprint density at radius 3 is 2.31 bits per heavy atom. The van der Waals surface area contributed by atoms with Crippen LogP contribution in [0.1, 0.15) is 66.7 Å². The molecule has 2 heterocycles. The molecule has 7 nitrogen and oxygen atoms in total. The van der Waals surface area contributed by atoms with E-state index >= 15 is 0 Å². The topological polar surface area (TPSA) is 76.5 Å². The number of nitrogens with one attached hydrogen (secondary N) is 1. The number of likely N-dealkylation sites (tertiary alicyclic amines) is 1. The molecule has 184 valence electrons. The Bertz CT molecular complexity index is 1200. The molecule has 0 saturated carbocycles.